The number of nitrogens with one attached hydrogen (secondary N) is 1. The molecule has 0 saturated carbocycles. The smallest absolute Gasteiger partial charge is 0.156 e. The number of nitrogens with two attached hydrogens (primary N) is 1. The molecule has 0 radical (unpaired) electrons. The molecule has 0 fully saturated rings. The van der Waals surface area contributed by atoms with Gasteiger partial charge in [0, 0.05) is 6.07 Å². The molecule has 0 saturated heterocycles. The van der Waals surface area contributed by atoms with Gasteiger partial charge >= 0.3 is 0 Å². The zero-order chi connectivity index (χ0) is 11.5. The second-order valence-electron chi connectivity index (χ2n) is 3.52. The van der Waals surface area contributed by atoms with Gasteiger partial charge in [0.25, 0.3) is 0 Å². The van der Waals surface area contributed by atoms with Gasteiger partial charge in [0.1, 0.15) is 5.82 Å². The summed E-state index contributed by atoms with van der Waals surface area (Å²) in [7, 11) is 0. The Morgan fingerprint density at radius 1 is 1.44 bits per heavy atom. The number of halogens is 1. The topological polar surface area (TPSA) is 64.1 Å². The molecule has 1 aromatic heterocycles. The van der Waals surface area contributed by atoms with Gasteiger partial charge in [-0.3, -0.25) is 0 Å². The van der Waals surface area contributed by atoms with Crippen molar-refractivity contribution >= 4 is 11.4 Å². The molecule has 0 unspecified atom stereocenters. The van der Waals surface area contributed by atoms with Crippen molar-refractivity contribution in [2.75, 3.05) is 11.1 Å². The Labute approximate surface area is 92.2 Å². The quantitative estimate of drug-likeness (QED) is 0.781. The Morgan fingerprint density at radius 2 is 2.25 bits per heavy atom. The lowest BCUT2D eigenvalue weighted by Gasteiger charge is -2.07. The molecule has 0 bridgehead atoms. The van der Waals surface area contributed by atoms with Crippen LogP contribution in [0.3, 0.4) is 0 Å². The highest BCUT2D eigenvalue weighted by atomic mass is 19.1. The van der Waals surface area contributed by atoms with Crippen LogP contribution in [0.1, 0.15) is 11.5 Å². The molecule has 5 heteroatoms. The maximum Gasteiger partial charge on any atom is 0.156 e. The average Bonchev–Trinajstić information content (AvgIpc) is 2.66. The Hall–Kier alpha value is -2.04. The third-order valence-corrected chi connectivity index (χ3v) is 2.15. The van der Waals surface area contributed by atoms with Crippen LogP contribution in [0.5, 0.6) is 0 Å². The fourth-order valence-corrected chi connectivity index (χ4v) is 1.36. The molecule has 0 aliphatic heterocycles. The van der Waals surface area contributed by atoms with Crippen LogP contribution in [0.2, 0.25) is 0 Å². The molecule has 2 rings (SSSR count). The summed E-state index contributed by atoms with van der Waals surface area (Å²) >= 11 is 0. The van der Waals surface area contributed by atoms with Crippen molar-refractivity contribution in [3.8, 4) is 0 Å². The van der Waals surface area contributed by atoms with Gasteiger partial charge in [0.05, 0.1) is 23.6 Å². The molecule has 3 N–H and O–H groups in total. The van der Waals surface area contributed by atoms with Crippen LogP contribution in [-0.2, 0) is 6.54 Å². The third-order valence-electron chi connectivity index (χ3n) is 2.15. The Bertz CT molecular complexity index is 496. The minimum absolute atomic E-state index is 0.328. The van der Waals surface area contributed by atoms with E-state index in [9.17, 15) is 4.39 Å². The summed E-state index contributed by atoms with van der Waals surface area (Å²) < 4.78 is 18.0. The average molecular weight is 221 g/mol. The summed E-state index contributed by atoms with van der Waals surface area (Å²) in [5.74, 6) is 0.353. The van der Waals surface area contributed by atoms with Crippen molar-refractivity contribution < 1.29 is 8.91 Å². The van der Waals surface area contributed by atoms with Gasteiger partial charge < -0.3 is 15.6 Å². The van der Waals surface area contributed by atoms with Crippen LogP contribution in [0.25, 0.3) is 0 Å². The first-order valence-corrected chi connectivity index (χ1v) is 4.86. The molecular weight excluding hydrogens is 209 g/mol. The van der Waals surface area contributed by atoms with Gasteiger partial charge in [-0.05, 0) is 25.1 Å². The maximum absolute atomic E-state index is 12.9. The monoisotopic (exact) mass is 221 g/mol. The van der Waals surface area contributed by atoms with Crippen LogP contribution in [0.15, 0.2) is 28.8 Å². The normalized spacial score (nSPS) is 10.4. The second kappa shape index (κ2) is 4.22. The Balaban J connectivity index is 2.07. The molecule has 0 amide bonds. The number of hydrogen-bond donors (Lipinski definition) is 2. The first kappa shape index (κ1) is 10.5. The molecule has 0 atom stereocenters. The Morgan fingerprint density at radius 3 is 2.94 bits per heavy atom. The zero-order valence-corrected chi connectivity index (χ0v) is 8.83. The van der Waals surface area contributed by atoms with Gasteiger partial charge in [-0.25, -0.2) is 4.39 Å². The third kappa shape index (κ3) is 2.31. The number of hydrogen-bond acceptors (Lipinski definition) is 4. The molecule has 0 spiro atoms. The highest BCUT2D eigenvalue weighted by molar-refractivity contribution is 5.65. The van der Waals surface area contributed by atoms with Gasteiger partial charge in [0.2, 0.25) is 0 Å². The van der Waals surface area contributed by atoms with Crippen molar-refractivity contribution in [1.29, 1.82) is 0 Å². The molecule has 4 nitrogen and oxygen atoms in total. The highest BCUT2D eigenvalue weighted by Crippen LogP contribution is 2.20. The van der Waals surface area contributed by atoms with Gasteiger partial charge in [-0.1, -0.05) is 5.16 Å². The predicted octanol–water partition coefficient (Wildman–Crippen LogP) is 2.32. The number of rotatable bonds is 3. The standard InChI is InChI=1S/C11H12FN3O/c1-7-4-9(16-15-7)6-14-11-5-8(12)2-3-10(11)13/h2-5,14H,6,13H2,1H3. The van der Waals surface area contributed by atoms with Crippen LogP contribution in [0, 0.1) is 12.7 Å². The minimum Gasteiger partial charge on any atom is -0.397 e. The summed E-state index contributed by atoms with van der Waals surface area (Å²) in [6.07, 6.45) is 0. The van der Waals surface area contributed by atoms with E-state index in [-0.39, 0.29) is 5.82 Å². The van der Waals surface area contributed by atoms with E-state index in [0.29, 0.717) is 23.7 Å². The van der Waals surface area contributed by atoms with Crippen LogP contribution in [0.4, 0.5) is 15.8 Å². The number of anilines is 2. The van der Waals surface area contributed by atoms with Crippen molar-refractivity contribution in [1.82, 2.24) is 5.16 Å². The number of aromatic nitrogens is 1. The van der Waals surface area contributed by atoms with E-state index in [2.05, 4.69) is 10.5 Å². The molecule has 1 heterocycles. The van der Waals surface area contributed by atoms with Gasteiger partial charge in [0.15, 0.2) is 5.76 Å². The molecule has 84 valence electrons. The first-order chi connectivity index (χ1) is 7.65. The lowest BCUT2D eigenvalue weighted by molar-refractivity contribution is 0.384. The van der Waals surface area contributed by atoms with E-state index < -0.39 is 0 Å². The molecule has 0 aliphatic rings. The van der Waals surface area contributed by atoms with Crippen LogP contribution < -0.4 is 11.1 Å². The van der Waals surface area contributed by atoms with E-state index in [1.165, 1.54) is 18.2 Å². The van der Waals surface area contributed by atoms with Crippen LogP contribution in [-0.4, -0.2) is 5.16 Å². The summed E-state index contributed by atoms with van der Waals surface area (Å²) in [6.45, 7) is 2.26. The summed E-state index contributed by atoms with van der Waals surface area (Å²) in [5, 5.41) is 6.73. The lowest BCUT2D eigenvalue weighted by atomic mass is 10.2. The summed E-state index contributed by atoms with van der Waals surface area (Å²) in [6, 6.07) is 5.99. The maximum atomic E-state index is 12.9. The van der Waals surface area contributed by atoms with Gasteiger partial charge in [-0.15, -0.1) is 0 Å². The van der Waals surface area contributed by atoms with E-state index >= 15 is 0 Å². The highest BCUT2D eigenvalue weighted by Gasteiger charge is 2.03. The minimum atomic E-state index is -0.328. The fraction of sp³-hybridized carbons (Fsp3) is 0.182. The predicted molar refractivity (Wildman–Crippen MR) is 59.4 cm³/mol. The summed E-state index contributed by atoms with van der Waals surface area (Å²) in [4.78, 5) is 0. The molecule has 2 aromatic rings. The second-order valence-corrected chi connectivity index (χ2v) is 3.52. The van der Waals surface area contributed by atoms with Crippen LogP contribution >= 0.6 is 0 Å². The molecule has 0 aliphatic carbocycles. The number of nitrogens with zero attached hydrogens (tertiary/aromatic N) is 1. The molecular formula is C11H12FN3O. The van der Waals surface area contributed by atoms with E-state index in [1.54, 1.807) is 0 Å². The van der Waals surface area contributed by atoms with E-state index in [0.717, 1.165) is 5.69 Å². The SMILES string of the molecule is Cc1cc(CNc2cc(F)ccc2N)on1. The number of benzene rings is 1. The summed E-state index contributed by atoms with van der Waals surface area (Å²) in [5.41, 5.74) is 7.54. The lowest BCUT2D eigenvalue weighted by Crippen LogP contribution is -2.02. The first-order valence-electron chi connectivity index (χ1n) is 4.86. The van der Waals surface area contributed by atoms with Crippen molar-refractivity contribution in [2.24, 2.45) is 0 Å². The molecule has 16 heavy (non-hydrogen) atoms. The molecule has 1 aromatic carbocycles. The van der Waals surface area contributed by atoms with E-state index in [1.807, 2.05) is 13.0 Å². The zero-order valence-electron chi connectivity index (χ0n) is 8.83. The van der Waals surface area contributed by atoms with Gasteiger partial charge in [-0.2, -0.15) is 0 Å². The fourth-order valence-electron chi connectivity index (χ4n) is 1.36. The number of aryl methyl sites for hydroxylation is 1. The van der Waals surface area contributed by atoms with Crippen molar-refractivity contribution in [3.63, 3.8) is 0 Å². The van der Waals surface area contributed by atoms with Crippen molar-refractivity contribution in [3.05, 3.63) is 41.5 Å². The Kier molecular flexibility index (Phi) is 2.76. The van der Waals surface area contributed by atoms with E-state index in [4.69, 9.17) is 10.3 Å². The largest absolute Gasteiger partial charge is 0.397 e. The van der Waals surface area contributed by atoms with Crippen molar-refractivity contribution in [2.45, 2.75) is 13.5 Å². The number of nitrogen functional groups attached to an aromatic ring is 1.